The van der Waals surface area contributed by atoms with Crippen LogP contribution in [0.3, 0.4) is 0 Å². The topological polar surface area (TPSA) is 48.9 Å². The van der Waals surface area contributed by atoms with Gasteiger partial charge in [-0.05, 0) is 69.3 Å². The number of nitrogens with zero attached hydrogens (tertiary/aromatic N) is 2. The van der Waals surface area contributed by atoms with Crippen molar-refractivity contribution in [3.63, 3.8) is 0 Å². The standard InChI is InChI=1S/C22H38N4OS2.HI/c1-4-23-21(25-17-22(29-5-2)10-13-27-14-11-22)24-16-18-8-6-12-26(3)20(18)19-9-7-15-28-19;/h7,9,15,18,20H,4-6,8,10-14,16-17H2,1-3H3,(H2,23,24,25);1H. The van der Waals surface area contributed by atoms with Gasteiger partial charge < -0.3 is 15.4 Å². The molecule has 8 heteroatoms. The average Bonchev–Trinajstić information content (AvgIpc) is 3.25. The molecule has 3 rings (SSSR count). The Morgan fingerprint density at radius 1 is 1.33 bits per heavy atom. The van der Waals surface area contributed by atoms with Crippen molar-refractivity contribution < 1.29 is 4.74 Å². The summed E-state index contributed by atoms with van der Waals surface area (Å²) in [6.45, 7) is 10.0. The van der Waals surface area contributed by atoms with Gasteiger partial charge in [-0.15, -0.1) is 35.3 Å². The number of halogens is 1. The van der Waals surface area contributed by atoms with E-state index in [0.29, 0.717) is 12.0 Å². The molecular formula is C22H39IN4OS2. The van der Waals surface area contributed by atoms with Gasteiger partial charge in [0.25, 0.3) is 0 Å². The Morgan fingerprint density at radius 3 is 2.80 bits per heavy atom. The number of thioether (sulfide) groups is 1. The molecule has 0 radical (unpaired) electrons. The molecule has 30 heavy (non-hydrogen) atoms. The SMILES string of the molecule is CCNC(=NCC1(SCC)CCOCC1)NCC1CCCN(C)C1c1cccs1.I. The fraction of sp³-hybridized carbons (Fsp3) is 0.773. The van der Waals surface area contributed by atoms with E-state index in [9.17, 15) is 0 Å². The van der Waals surface area contributed by atoms with Crippen molar-refractivity contribution >= 4 is 53.0 Å². The van der Waals surface area contributed by atoms with Gasteiger partial charge in [0.15, 0.2) is 5.96 Å². The monoisotopic (exact) mass is 566 g/mol. The van der Waals surface area contributed by atoms with Crippen molar-refractivity contribution in [2.24, 2.45) is 10.9 Å². The Labute approximate surface area is 208 Å². The zero-order valence-electron chi connectivity index (χ0n) is 18.7. The summed E-state index contributed by atoms with van der Waals surface area (Å²) in [5.74, 6) is 2.71. The van der Waals surface area contributed by atoms with E-state index in [1.165, 1.54) is 24.3 Å². The molecule has 1 aromatic heterocycles. The minimum Gasteiger partial charge on any atom is -0.381 e. The second kappa shape index (κ2) is 13.5. The molecule has 3 heterocycles. The van der Waals surface area contributed by atoms with Gasteiger partial charge in [-0.25, -0.2) is 0 Å². The van der Waals surface area contributed by atoms with Gasteiger partial charge >= 0.3 is 0 Å². The van der Waals surface area contributed by atoms with Crippen LogP contribution < -0.4 is 10.6 Å². The summed E-state index contributed by atoms with van der Waals surface area (Å²) in [6, 6.07) is 4.98. The molecule has 2 N–H and O–H groups in total. The molecule has 1 aromatic rings. The Morgan fingerprint density at radius 2 is 2.13 bits per heavy atom. The van der Waals surface area contributed by atoms with Gasteiger partial charge in [0, 0.05) is 42.0 Å². The first-order valence-electron chi connectivity index (χ1n) is 11.1. The van der Waals surface area contributed by atoms with Crippen LogP contribution in [-0.2, 0) is 4.74 Å². The Balaban J connectivity index is 0.00000320. The number of aliphatic imine (C=N–C) groups is 1. The number of guanidine groups is 1. The summed E-state index contributed by atoms with van der Waals surface area (Å²) >= 11 is 3.94. The second-order valence-electron chi connectivity index (χ2n) is 8.15. The summed E-state index contributed by atoms with van der Waals surface area (Å²) in [5.41, 5.74) is 0. The molecule has 2 aliphatic heterocycles. The van der Waals surface area contributed by atoms with E-state index >= 15 is 0 Å². The third-order valence-corrected chi connectivity index (χ3v) is 8.48. The van der Waals surface area contributed by atoms with Gasteiger partial charge in [-0.1, -0.05) is 13.0 Å². The van der Waals surface area contributed by atoms with Crippen LogP contribution >= 0.6 is 47.1 Å². The Hall–Kier alpha value is -0.0300. The highest BCUT2D eigenvalue weighted by molar-refractivity contribution is 14.0. The fourth-order valence-corrected chi connectivity index (χ4v) is 6.78. The minimum atomic E-state index is 0. The molecule has 172 valence electrons. The summed E-state index contributed by atoms with van der Waals surface area (Å²) in [6.07, 6.45) is 4.74. The number of thiophene rings is 1. The molecule has 0 amide bonds. The van der Waals surface area contributed by atoms with E-state index in [2.05, 4.69) is 65.7 Å². The van der Waals surface area contributed by atoms with Crippen LogP contribution in [0.2, 0.25) is 0 Å². The summed E-state index contributed by atoms with van der Waals surface area (Å²) in [5, 5.41) is 9.35. The van der Waals surface area contributed by atoms with Crippen molar-refractivity contribution in [3.05, 3.63) is 22.4 Å². The number of piperidine rings is 1. The van der Waals surface area contributed by atoms with E-state index < -0.39 is 0 Å². The largest absolute Gasteiger partial charge is 0.381 e. The predicted octanol–water partition coefficient (Wildman–Crippen LogP) is 4.61. The predicted molar refractivity (Wildman–Crippen MR) is 143 cm³/mol. The van der Waals surface area contributed by atoms with E-state index in [1.54, 1.807) is 0 Å². The van der Waals surface area contributed by atoms with Gasteiger partial charge in [0.05, 0.1) is 6.54 Å². The molecule has 2 atom stereocenters. The lowest BCUT2D eigenvalue weighted by Crippen LogP contribution is -2.45. The number of likely N-dealkylation sites (tertiary alicyclic amines) is 1. The highest BCUT2D eigenvalue weighted by atomic mass is 127. The van der Waals surface area contributed by atoms with E-state index in [4.69, 9.17) is 9.73 Å². The average molecular weight is 567 g/mol. The van der Waals surface area contributed by atoms with Gasteiger partial charge in [0.2, 0.25) is 0 Å². The van der Waals surface area contributed by atoms with Crippen LogP contribution in [0.15, 0.2) is 22.5 Å². The molecule has 0 aliphatic carbocycles. The Bertz CT molecular complexity index is 617. The maximum absolute atomic E-state index is 5.61. The van der Waals surface area contributed by atoms with Crippen LogP contribution in [0, 0.1) is 5.92 Å². The van der Waals surface area contributed by atoms with Crippen LogP contribution in [0.1, 0.15) is 50.4 Å². The summed E-state index contributed by atoms with van der Waals surface area (Å²) in [4.78, 5) is 9.04. The van der Waals surface area contributed by atoms with Crippen molar-refractivity contribution in [3.8, 4) is 0 Å². The summed E-state index contributed by atoms with van der Waals surface area (Å²) in [7, 11) is 2.27. The van der Waals surface area contributed by atoms with Crippen LogP contribution in [0.5, 0.6) is 0 Å². The number of hydrogen-bond acceptors (Lipinski definition) is 5. The zero-order chi connectivity index (χ0) is 20.5. The lowest BCUT2D eigenvalue weighted by molar-refractivity contribution is 0.0793. The van der Waals surface area contributed by atoms with Gasteiger partial charge in [0.1, 0.15) is 0 Å². The van der Waals surface area contributed by atoms with Crippen molar-refractivity contribution in [2.75, 3.05) is 52.2 Å². The molecule has 2 aliphatic rings. The minimum absolute atomic E-state index is 0. The fourth-order valence-electron chi connectivity index (χ4n) is 4.57. The van der Waals surface area contributed by atoms with E-state index in [-0.39, 0.29) is 28.7 Å². The molecule has 2 unspecified atom stereocenters. The van der Waals surface area contributed by atoms with Gasteiger partial charge in [-0.2, -0.15) is 11.8 Å². The third-order valence-electron chi connectivity index (χ3n) is 6.10. The third kappa shape index (κ3) is 7.25. The zero-order valence-corrected chi connectivity index (χ0v) is 22.7. The second-order valence-corrected chi connectivity index (χ2v) is 10.9. The van der Waals surface area contributed by atoms with Crippen LogP contribution in [0.4, 0.5) is 0 Å². The smallest absolute Gasteiger partial charge is 0.191 e. The lowest BCUT2D eigenvalue weighted by atomic mass is 9.88. The first kappa shape index (κ1) is 26.2. The van der Waals surface area contributed by atoms with Crippen LogP contribution in [0.25, 0.3) is 0 Å². The number of ether oxygens (including phenoxy) is 1. The molecule has 0 saturated carbocycles. The number of hydrogen-bond donors (Lipinski definition) is 2. The first-order chi connectivity index (χ1) is 14.2. The van der Waals surface area contributed by atoms with Crippen molar-refractivity contribution in [1.82, 2.24) is 15.5 Å². The molecular weight excluding hydrogens is 527 g/mol. The molecule has 0 aromatic carbocycles. The maximum atomic E-state index is 5.61. The molecule has 0 bridgehead atoms. The molecule has 2 fully saturated rings. The molecule has 0 spiro atoms. The maximum Gasteiger partial charge on any atom is 0.191 e. The van der Waals surface area contributed by atoms with Crippen molar-refractivity contribution in [2.45, 2.75) is 50.3 Å². The highest BCUT2D eigenvalue weighted by Crippen LogP contribution is 2.37. The van der Waals surface area contributed by atoms with Gasteiger partial charge in [-0.3, -0.25) is 9.89 Å². The van der Waals surface area contributed by atoms with Crippen LogP contribution in [-0.4, -0.2) is 67.8 Å². The number of rotatable bonds is 8. The lowest BCUT2D eigenvalue weighted by Gasteiger charge is -2.39. The van der Waals surface area contributed by atoms with E-state index in [0.717, 1.165) is 57.4 Å². The summed E-state index contributed by atoms with van der Waals surface area (Å²) < 4.78 is 5.85. The quantitative estimate of drug-likeness (QED) is 0.274. The Kier molecular flexibility index (Phi) is 11.8. The highest BCUT2D eigenvalue weighted by Gasteiger charge is 2.33. The number of nitrogens with one attached hydrogen (secondary N) is 2. The van der Waals surface area contributed by atoms with E-state index in [1.807, 2.05) is 11.3 Å². The molecule has 5 nitrogen and oxygen atoms in total. The first-order valence-corrected chi connectivity index (χ1v) is 13.0. The normalized spacial score (nSPS) is 24.8. The van der Waals surface area contributed by atoms with Crippen molar-refractivity contribution in [1.29, 1.82) is 0 Å². The molecule has 2 saturated heterocycles.